The molecule has 0 radical (unpaired) electrons. The van der Waals surface area contributed by atoms with E-state index in [9.17, 15) is 4.79 Å². The SMILES string of the molecule is COc1ccc(CCCOc2ccc(CCNC(=O)OC(C)(C)C)cc2)cc1. The smallest absolute Gasteiger partial charge is 0.407 e. The molecule has 0 unspecified atom stereocenters. The number of ether oxygens (including phenoxy) is 3. The number of alkyl carbamates (subject to hydrolysis) is 1. The van der Waals surface area contributed by atoms with E-state index in [4.69, 9.17) is 14.2 Å². The number of carbonyl (C=O) groups excluding carboxylic acids is 1. The quantitative estimate of drug-likeness (QED) is 0.632. The van der Waals surface area contributed by atoms with Crippen LogP contribution in [0.2, 0.25) is 0 Å². The lowest BCUT2D eigenvalue weighted by molar-refractivity contribution is 0.0528. The number of hydrogen-bond acceptors (Lipinski definition) is 4. The summed E-state index contributed by atoms with van der Waals surface area (Å²) < 4.78 is 16.2. The molecule has 1 amide bonds. The lowest BCUT2D eigenvalue weighted by atomic mass is 10.1. The van der Waals surface area contributed by atoms with Gasteiger partial charge in [-0.1, -0.05) is 24.3 Å². The summed E-state index contributed by atoms with van der Waals surface area (Å²) in [6.07, 6.45) is 2.29. The van der Waals surface area contributed by atoms with E-state index >= 15 is 0 Å². The molecule has 2 aromatic rings. The van der Waals surface area contributed by atoms with Crippen LogP contribution in [0.1, 0.15) is 38.3 Å². The zero-order valence-corrected chi connectivity index (χ0v) is 17.3. The van der Waals surface area contributed by atoms with Crippen molar-refractivity contribution < 1.29 is 19.0 Å². The van der Waals surface area contributed by atoms with Gasteiger partial charge in [0.15, 0.2) is 0 Å². The van der Waals surface area contributed by atoms with Gasteiger partial charge in [-0.05, 0) is 75.4 Å². The van der Waals surface area contributed by atoms with Gasteiger partial charge >= 0.3 is 6.09 Å². The Morgan fingerprint density at radius 3 is 2.04 bits per heavy atom. The molecule has 1 N–H and O–H groups in total. The number of nitrogens with one attached hydrogen (secondary N) is 1. The van der Waals surface area contributed by atoms with Gasteiger partial charge < -0.3 is 19.5 Å². The Morgan fingerprint density at radius 2 is 1.46 bits per heavy atom. The zero-order chi connectivity index (χ0) is 20.4. The Balaban J connectivity index is 1.64. The maximum atomic E-state index is 11.6. The molecule has 0 heterocycles. The summed E-state index contributed by atoms with van der Waals surface area (Å²) in [5.41, 5.74) is 1.94. The highest BCUT2D eigenvalue weighted by atomic mass is 16.6. The van der Waals surface area contributed by atoms with E-state index in [1.165, 1.54) is 5.56 Å². The van der Waals surface area contributed by atoms with Crippen LogP contribution in [0.25, 0.3) is 0 Å². The molecule has 0 atom stereocenters. The first-order valence-electron chi connectivity index (χ1n) is 9.67. The van der Waals surface area contributed by atoms with Crippen molar-refractivity contribution in [2.75, 3.05) is 20.3 Å². The van der Waals surface area contributed by atoms with E-state index in [1.54, 1.807) is 7.11 Å². The van der Waals surface area contributed by atoms with Crippen molar-refractivity contribution >= 4 is 6.09 Å². The Hall–Kier alpha value is -2.69. The molecule has 0 aliphatic rings. The maximum absolute atomic E-state index is 11.6. The Labute approximate surface area is 168 Å². The van der Waals surface area contributed by atoms with Crippen molar-refractivity contribution in [1.29, 1.82) is 0 Å². The van der Waals surface area contributed by atoms with Gasteiger partial charge in [0.1, 0.15) is 17.1 Å². The number of benzene rings is 2. The fourth-order valence-electron chi connectivity index (χ4n) is 2.63. The van der Waals surface area contributed by atoms with Gasteiger partial charge in [-0.25, -0.2) is 4.79 Å². The zero-order valence-electron chi connectivity index (χ0n) is 17.3. The highest BCUT2D eigenvalue weighted by molar-refractivity contribution is 5.67. The van der Waals surface area contributed by atoms with Crippen LogP contribution in [0, 0.1) is 0 Å². The fourth-order valence-corrected chi connectivity index (χ4v) is 2.63. The summed E-state index contributed by atoms with van der Waals surface area (Å²) in [4.78, 5) is 11.6. The summed E-state index contributed by atoms with van der Waals surface area (Å²) in [5, 5.41) is 2.77. The topological polar surface area (TPSA) is 56.8 Å². The van der Waals surface area contributed by atoms with Crippen LogP contribution in [-0.4, -0.2) is 32.0 Å². The van der Waals surface area contributed by atoms with Crippen molar-refractivity contribution in [3.05, 3.63) is 59.7 Å². The molecule has 0 fully saturated rings. The summed E-state index contributed by atoms with van der Waals surface area (Å²) in [5.74, 6) is 1.74. The fraction of sp³-hybridized carbons (Fsp3) is 0.435. The molecule has 2 rings (SSSR count). The van der Waals surface area contributed by atoms with Crippen LogP contribution in [0.5, 0.6) is 11.5 Å². The van der Waals surface area contributed by atoms with Gasteiger partial charge in [-0.2, -0.15) is 0 Å². The standard InChI is InChI=1S/C23H31NO4/c1-23(2,3)28-22(25)24-16-15-19-9-13-21(14-10-19)27-17-5-6-18-7-11-20(26-4)12-8-18/h7-14H,5-6,15-17H2,1-4H3,(H,24,25). The number of hydrogen-bond donors (Lipinski definition) is 1. The van der Waals surface area contributed by atoms with Crippen LogP contribution in [-0.2, 0) is 17.6 Å². The largest absolute Gasteiger partial charge is 0.497 e. The van der Waals surface area contributed by atoms with Gasteiger partial charge in [0.05, 0.1) is 13.7 Å². The van der Waals surface area contributed by atoms with E-state index in [0.717, 1.165) is 36.3 Å². The third-order valence-electron chi connectivity index (χ3n) is 4.04. The van der Waals surface area contributed by atoms with Crippen molar-refractivity contribution in [3.8, 4) is 11.5 Å². The van der Waals surface area contributed by atoms with E-state index in [2.05, 4.69) is 17.4 Å². The number of methoxy groups -OCH3 is 1. The average molecular weight is 386 g/mol. The normalized spacial score (nSPS) is 11.0. The van der Waals surface area contributed by atoms with E-state index in [-0.39, 0.29) is 6.09 Å². The lowest BCUT2D eigenvalue weighted by Crippen LogP contribution is -2.33. The van der Waals surface area contributed by atoms with Gasteiger partial charge in [0.25, 0.3) is 0 Å². The van der Waals surface area contributed by atoms with Gasteiger partial charge in [-0.3, -0.25) is 0 Å². The number of amides is 1. The van der Waals surface area contributed by atoms with Gasteiger partial charge in [0, 0.05) is 6.54 Å². The Bertz CT molecular complexity index is 718. The molecule has 0 aromatic heterocycles. The molecular formula is C23H31NO4. The van der Waals surface area contributed by atoms with Crippen molar-refractivity contribution in [2.45, 2.75) is 45.6 Å². The van der Waals surface area contributed by atoms with Crippen LogP contribution < -0.4 is 14.8 Å². The number of aryl methyl sites for hydroxylation is 1. The molecule has 5 nitrogen and oxygen atoms in total. The maximum Gasteiger partial charge on any atom is 0.407 e. The number of rotatable bonds is 9. The van der Waals surface area contributed by atoms with E-state index in [1.807, 2.05) is 57.2 Å². The van der Waals surface area contributed by atoms with Crippen LogP contribution in [0.15, 0.2) is 48.5 Å². The Kier molecular flexibility index (Phi) is 8.18. The predicted octanol–water partition coefficient (Wildman–Crippen LogP) is 4.77. The van der Waals surface area contributed by atoms with Crippen LogP contribution in [0.3, 0.4) is 0 Å². The summed E-state index contributed by atoms with van der Waals surface area (Å²) >= 11 is 0. The van der Waals surface area contributed by atoms with Gasteiger partial charge in [0.2, 0.25) is 0 Å². The first-order valence-corrected chi connectivity index (χ1v) is 9.67. The summed E-state index contributed by atoms with van der Waals surface area (Å²) in [6, 6.07) is 16.1. The molecule has 28 heavy (non-hydrogen) atoms. The first-order chi connectivity index (χ1) is 13.4. The number of carbonyl (C=O) groups is 1. The minimum absolute atomic E-state index is 0.385. The molecule has 0 aliphatic carbocycles. The highest BCUT2D eigenvalue weighted by Gasteiger charge is 2.15. The highest BCUT2D eigenvalue weighted by Crippen LogP contribution is 2.15. The average Bonchev–Trinajstić information content (AvgIpc) is 2.65. The monoisotopic (exact) mass is 385 g/mol. The van der Waals surface area contributed by atoms with Gasteiger partial charge in [-0.15, -0.1) is 0 Å². The third-order valence-corrected chi connectivity index (χ3v) is 4.04. The molecule has 0 aliphatic heterocycles. The van der Waals surface area contributed by atoms with E-state index < -0.39 is 5.60 Å². The Morgan fingerprint density at radius 1 is 0.893 bits per heavy atom. The van der Waals surface area contributed by atoms with Crippen molar-refractivity contribution in [2.24, 2.45) is 0 Å². The van der Waals surface area contributed by atoms with Crippen molar-refractivity contribution in [3.63, 3.8) is 0 Å². The van der Waals surface area contributed by atoms with Crippen LogP contribution >= 0.6 is 0 Å². The molecule has 0 saturated heterocycles. The lowest BCUT2D eigenvalue weighted by Gasteiger charge is -2.19. The minimum Gasteiger partial charge on any atom is -0.497 e. The molecule has 152 valence electrons. The summed E-state index contributed by atoms with van der Waals surface area (Å²) in [7, 11) is 1.67. The second-order valence-electron chi connectivity index (χ2n) is 7.62. The predicted molar refractivity (Wildman–Crippen MR) is 111 cm³/mol. The minimum atomic E-state index is -0.476. The second-order valence-corrected chi connectivity index (χ2v) is 7.62. The molecule has 5 heteroatoms. The van der Waals surface area contributed by atoms with Crippen molar-refractivity contribution in [1.82, 2.24) is 5.32 Å². The third kappa shape index (κ3) is 8.33. The molecular weight excluding hydrogens is 354 g/mol. The van der Waals surface area contributed by atoms with Crippen LogP contribution in [0.4, 0.5) is 4.79 Å². The first kappa shape index (κ1) is 21.6. The van der Waals surface area contributed by atoms with E-state index in [0.29, 0.717) is 13.2 Å². The second kappa shape index (κ2) is 10.6. The molecule has 0 bridgehead atoms. The molecule has 0 saturated carbocycles. The molecule has 2 aromatic carbocycles. The summed E-state index contributed by atoms with van der Waals surface area (Å²) in [6.45, 7) is 6.76. The molecule has 0 spiro atoms.